The molecule has 6 nitrogen and oxygen atoms in total. The van der Waals surface area contributed by atoms with E-state index in [4.69, 9.17) is 29.4 Å². The molecule has 6 rings (SSSR count). The molecule has 0 aliphatic carbocycles. The van der Waals surface area contributed by atoms with Crippen molar-refractivity contribution in [1.82, 2.24) is 9.97 Å². The van der Waals surface area contributed by atoms with Gasteiger partial charge in [-0.2, -0.15) is 0 Å². The van der Waals surface area contributed by atoms with Gasteiger partial charge in [-0.05, 0) is 35.4 Å². The van der Waals surface area contributed by atoms with Gasteiger partial charge in [0, 0.05) is 0 Å². The highest BCUT2D eigenvalue weighted by molar-refractivity contribution is 5.95. The standard InChI is InChI=1S/C28H22N4O2/c1-3-9-19(10-4-1)25-17-33-27(31-25)23-15-7-13-21(29-23)22-14-8-16-24(30-22)28-32-26(18-34-28)20-11-5-2-6-12-20/h1-16,25-26H,17-18H2. The molecule has 0 spiro atoms. The van der Waals surface area contributed by atoms with Gasteiger partial charge >= 0.3 is 0 Å². The Morgan fingerprint density at radius 1 is 0.471 bits per heavy atom. The lowest BCUT2D eigenvalue weighted by Gasteiger charge is -2.06. The van der Waals surface area contributed by atoms with Gasteiger partial charge in [-0.25, -0.2) is 20.0 Å². The molecule has 0 fully saturated rings. The van der Waals surface area contributed by atoms with Crippen LogP contribution in [-0.2, 0) is 9.47 Å². The van der Waals surface area contributed by atoms with Crippen molar-refractivity contribution in [2.45, 2.75) is 12.1 Å². The lowest BCUT2D eigenvalue weighted by Crippen LogP contribution is -2.07. The molecule has 0 saturated heterocycles. The molecule has 2 unspecified atom stereocenters. The Labute approximate surface area is 197 Å². The molecule has 2 aromatic heterocycles. The molecule has 2 aliphatic heterocycles. The molecular weight excluding hydrogens is 424 g/mol. The van der Waals surface area contributed by atoms with E-state index < -0.39 is 0 Å². The second-order valence-electron chi connectivity index (χ2n) is 8.16. The average molecular weight is 447 g/mol. The zero-order chi connectivity index (χ0) is 22.7. The molecule has 0 amide bonds. The van der Waals surface area contributed by atoms with Crippen LogP contribution >= 0.6 is 0 Å². The van der Waals surface area contributed by atoms with Crippen LogP contribution in [0.5, 0.6) is 0 Å². The summed E-state index contributed by atoms with van der Waals surface area (Å²) in [6, 6.07) is 31.9. The summed E-state index contributed by atoms with van der Waals surface area (Å²) in [5, 5.41) is 0. The second-order valence-corrected chi connectivity index (χ2v) is 8.16. The molecular formula is C28H22N4O2. The fraction of sp³-hybridized carbons (Fsp3) is 0.143. The van der Waals surface area contributed by atoms with Gasteiger partial charge in [0.2, 0.25) is 11.8 Å². The van der Waals surface area contributed by atoms with Gasteiger partial charge in [0.1, 0.15) is 36.7 Å². The number of benzene rings is 2. The van der Waals surface area contributed by atoms with Gasteiger partial charge in [-0.3, -0.25) is 0 Å². The molecule has 2 aliphatic rings. The summed E-state index contributed by atoms with van der Waals surface area (Å²) in [4.78, 5) is 19.1. The molecule has 4 heterocycles. The van der Waals surface area contributed by atoms with E-state index in [9.17, 15) is 0 Å². The molecule has 0 radical (unpaired) electrons. The van der Waals surface area contributed by atoms with Gasteiger partial charge in [0.15, 0.2) is 0 Å². The summed E-state index contributed by atoms with van der Waals surface area (Å²) >= 11 is 0. The number of hydrogen-bond acceptors (Lipinski definition) is 6. The third-order valence-corrected chi connectivity index (χ3v) is 5.87. The van der Waals surface area contributed by atoms with E-state index in [1.807, 2.05) is 72.8 Å². The predicted octanol–water partition coefficient (Wildman–Crippen LogP) is 5.18. The number of rotatable bonds is 5. The van der Waals surface area contributed by atoms with Crippen molar-refractivity contribution in [1.29, 1.82) is 0 Å². The maximum Gasteiger partial charge on any atom is 0.236 e. The number of pyridine rings is 2. The van der Waals surface area contributed by atoms with E-state index >= 15 is 0 Å². The highest BCUT2D eigenvalue weighted by Gasteiger charge is 2.24. The summed E-state index contributed by atoms with van der Waals surface area (Å²) < 4.78 is 11.8. The summed E-state index contributed by atoms with van der Waals surface area (Å²) in [5.41, 5.74) is 5.14. The van der Waals surface area contributed by atoms with Gasteiger partial charge in [-0.1, -0.05) is 72.8 Å². The van der Waals surface area contributed by atoms with Crippen LogP contribution in [-0.4, -0.2) is 35.0 Å². The highest BCUT2D eigenvalue weighted by Crippen LogP contribution is 2.27. The Balaban J connectivity index is 1.26. The lowest BCUT2D eigenvalue weighted by molar-refractivity contribution is 0.319. The van der Waals surface area contributed by atoms with Crippen molar-refractivity contribution in [3.63, 3.8) is 0 Å². The first-order valence-electron chi connectivity index (χ1n) is 11.3. The minimum atomic E-state index is -0.0156. The SMILES string of the molecule is c1ccc(C2COC(c3cccc(-c4cccc(C5=NC(c6ccccc6)CO5)n4)n3)=N2)cc1. The third kappa shape index (κ3) is 4.06. The van der Waals surface area contributed by atoms with Crippen molar-refractivity contribution >= 4 is 11.8 Å². The maximum atomic E-state index is 5.88. The Hall–Kier alpha value is -4.32. The van der Waals surface area contributed by atoms with Crippen LogP contribution < -0.4 is 0 Å². The number of ether oxygens (including phenoxy) is 2. The lowest BCUT2D eigenvalue weighted by atomic mass is 10.1. The quantitative estimate of drug-likeness (QED) is 0.424. The molecule has 2 aromatic carbocycles. The maximum absolute atomic E-state index is 5.88. The first-order chi connectivity index (χ1) is 16.8. The normalized spacial score (nSPS) is 19.2. The van der Waals surface area contributed by atoms with Crippen LogP contribution in [0.25, 0.3) is 11.4 Å². The summed E-state index contributed by atoms with van der Waals surface area (Å²) in [6.07, 6.45) is 0. The molecule has 0 bridgehead atoms. The zero-order valence-electron chi connectivity index (χ0n) is 18.4. The summed E-state index contributed by atoms with van der Waals surface area (Å²) in [6.45, 7) is 1.03. The van der Waals surface area contributed by atoms with E-state index in [1.54, 1.807) is 0 Å². The van der Waals surface area contributed by atoms with Crippen molar-refractivity contribution in [2.75, 3.05) is 13.2 Å². The van der Waals surface area contributed by atoms with Crippen molar-refractivity contribution in [3.05, 3.63) is 120 Å². The number of nitrogens with zero attached hydrogens (tertiary/aromatic N) is 4. The topological polar surface area (TPSA) is 69.0 Å². The Kier molecular flexibility index (Phi) is 5.32. The largest absolute Gasteiger partial charge is 0.474 e. The molecule has 166 valence electrons. The molecule has 0 N–H and O–H groups in total. The van der Waals surface area contributed by atoms with Crippen LogP contribution in [0.3, 0.4) is 0 Å². The summed E-state index contributed by atoms with van der Waals surface area (Å²) in [5.74, 6) is 1.11. The van der Waals surface area contributed by atoms with Gasteiger partial charge < -0.3 is 9.47 Å². The van der Waals surface area contributed by atoms with Crippen LogP contribution in [0.1, 0.15) is 34.6 Å². The first kappa shape index (κ1) is 20.3. The number of hydrogen-bond donors (Lipinski definition) is 0. The molecule has 4 aromatic rings. The van der Waals surface area contributed by atoms with Crippen LogP contribution in [0.4, 0.5) is 0 Å². The fourth-order valence-electron chi connectivity index (χ4n) is 4.11. The summed E-state index contributed by atoms with van der Waals surface area (Å²) in [7, 11) is 0. The number of aromatic nitrogens is 2. The molecule has 6 heteroatoms. The van der Waals surface area contributed by atoms with E-state index in [1.165, 1.54) is 0 Å². The predicted molar refractivity (Wildman–Crippen MR) is 131 cm³/mol. The molecule has 0 saturated carbocycles. The number of aliphatic imine (C=N–C) groups is 2. The minimum Gasteiger partial charge on any atom is -0.474 e. The molecule has 2 atom stereocenters. The smallest absolute Gasteiger partial charge is 0.236 e. The monoisotopic (exact) mass is 446 g/mol. The van der Waals surface area contributed by atoms with E-state index in [2.05, 4.69) is 24.3 Å². The molecule has 34 heavy (non-hydrogen) atoms. The van der Waals surface area contributed by atoms with E-state index in [0.29, 0.717) is 36.4 Å². The Bertz CT molecular complexity index is 1260. The van der Waals surface area contributed by atoms with Crippen LogP contribution in [0, 0.1) is 0 Å². The highest BCUT2D eigenvalue weighted by atomic mass is 16.5. The van der Waals surface area contributed by atoms with E-state index in [-0.39, 0.29) is 12.1 Å². The third-order valence-electron chi connectivity index (χ3n) is 5.87. The second kappa shape index (κ2) is 8.90. The van der Waals surface area contributed by atoms with Crippen molar-refractivity contribution in [2.24, 2.45) is 9.98 Å². The fourth-order valence-corrected chi connectivity index (χ4v) is 4.11. The average Bonchev–Trinajstić information content (AvgIpc) is 3.61. The Morgan fingerprint density at radius 2 is 0.882 bits per heavy atom. The minimum absolute atomic E-state index is 0.0156. The first-order valence-corrected chi connectivity index (χ1v) is 11.3. The van der Waals surface area contributed by atoms with Gasteiger partial charge in [0.05, 0.1) is 11.4 Å². The van der Waals surface area contributed by atoms with E-state index in [0.717, 1.165) is 22.5 Å². The van der Waals surface area contributed by atoms with Gasteiger partial charge in [-0.15, -0.1) is 0 Å². The Morgan fingerprint density at radius 3 is 1.32 bits per heavy atom. The van der Waals surface area contributed by atoms with Crippen molar-refractivity contribution in [3.8, 4) is 11.4 Å². The zero-order valence-corrected chi connectivity index (χ0v) is 18.4. The van der Waals surface area contributed by atoms with Crippen LogP contribution in [0.15, 0.2) is 107 Å². The van der Waals surface area contributed by atoms with Crippen LogP contribution in [0.2, 0.25) is 0 Å². The van der Waals surface area contributed by atoms with Crippen molar-refractivity contribution < 1.29 is 9.47 Å². The van der Waals surface area contributed by atoms with Gasteiger partial charge in [0.25, 0.3) is 0 Å².